The normalized spacial score (nSPS) is 14.7. The van der Waals surface area contributed by atoms with Crippen molar-refractivity contribution in [3.05, 3.63) is 34.9 Å². The summed E-state index contributed by atoms with van der Waals surface area (Å²) in [5.74, 6) is -1.16. The van der Waals surface area contributed by atoms with E-state index in [2.05, 4.69) is 5.32 Å². The van der Waals surface area contributed by atoms with Crippen LogP contribution in [0.15, 0.2) is 24.3 Å². The molecule has 0 aromatic heterocycles. The summed E-state index contributed by atoms with van der Waals surface area (Å²) in [6.45, 7) is 5.16. The largest absolute Gasteiger partial charge is 0.346 e. The molecular weight excluding hydrogens is 330 g/mol. The third kappa shape index (κ3) is 4.71. The van der Waals surface area contributed by atoms with Crippen LogP contribution in [0, 0.1) is 0 Å². The van der Waals surface area contributed by atoms with Gasteiger partial charge in [0.2, 0.25) is 5.91 Å². The Morgan fingerprint density at radius 1 is 1.08 bits per heavy atom. The summed E-state index contributed by atoms with van der Waals surface area (Å²) in [5.41, 5.74) is 0.791. The fraction of sp³-hybridized carbons (Fsp3) is 0.471. The fourth-order valence-corrected chi connectivity index (χ4v) is 2.75. The third-order valence-corrected chi connectivity index (χ3v) is 4.20. The van der Waals surface area contributed by atoms with Gasteiger partial charge in [0.25, 0.3) is 0 Å². The number of amides is 3. The molecule has 130 valence electrons. The number of carbonyl (C=O) groups excluding carboxylic acids is 3. The highest BCUT2D eigenvalue weighted by Gasteiger charge is 2.28. The Kier molecular flexibility index (Phi) is 6.20. The highest BCUT2D eigenvalue weighted by Crippen LogP contribution is 2.16. The first-order valence-corrected chi connectivity index (χ1v) is 8.37. The molecule has 1 heterocycles. The number of halogens is 1. The van der Waals surface area contributed by atoms with E-state index in [-0.39, 0.29) is 18.4 Å². The molecule has 0 atom stereocenters. The first kappa shape index (κ1) is 18.3. The average molecular weight is 352 g/mol. The minimum absolute atomic E-state index is 0.0261. The predicted molar refractivity (Wildman–Crippen MR) is 91.6 cm³/mol. The van der Waals surface area contributed by atoms with E-state index in [9.17, 15) is 14.4 Å². The van der Waals surface area contributed by atoms with E-state index in [0.717, 1.165) is 5.56 Å². The van der Waals surface area contributed by atoms with E-state index in [1.807, 2.05) is 18.2 Å². The molecule has 1 aromatic carbocycles. The minimum atomic E-state index is -0.596. The zero-order chi connectivity index (χ0) is 17.7. The van der Waals surface area contributed by atoms with Gasteiger partial charge in [-0.2, -0.15) is 0 Å². The molecule has 1 N–H and O–H groups in total. The molecule has 0 bridgehead atoms. The van der Waals surface area contributed by atoms with Gasteiger partial charge in [-0.3, -0.25) is 14.4 Å². The summed E-state index contributed by atoms with van der Waals surface area (Å²) in [7, 11) is 0. The Morgan fingerprint density at radius 2 is 1.67 bits per heavy atom. The van der Waals surface area contributed by atoms with Crippen molar-refractivity contribution >= 4 is 29.3 Å². The molecule has 24 heavy (non-hydrogen) atoms. The number of carbonyl (C=O) groups is 3. The van der Waals surface area contributed by atoms with Crippen molar-refractivity contribution < 1.29 is 14.4 Å². The van der Waals surface area contributed by atoms with Crippen molar-refractivity contribution in [2.24, 2.45) is 0 Å². The number of hydrogen-bond acceptors (Lipinski definition) is 3. The molecule has 6 nitrogen and oxygen atoms in total. The molecule has 2 rings (SSSR count). The number of rotatable bonds is 3. The fourth-order valence-electron chi connectivity index (χ4n) is 2.54. The zero-order valence-electron chi connectivity index (χ0n) is 13.9. The van der Waals surface area contributed by atoms with Gasteiger partial charge in [0.1, 0.15) is 0 Å². The Morgan fingerprint density at radius 3 is 2.25 bits per heavy atom. The molecule has 0 unspecified atom stereocenters. The molecule has 0 aliphatic carbocycles. The highest BCUT2D eigenvalue weighted by atomic mass is 35.5. The SMILES string of the molecule is CC(C)NC(=O)C(=O)N1CCN(C(=O)Cc2ccccc2Cl)CC1. The quantitative estimate of drug-likeness (QED) is 0.828. The van der Waals surface area contributed by atoms with Crippen molar-refractivity contribution in [3.63, 3.8) is 0 Å². The lowest BCUT2D eigenvalue weighted by Gasteiger charge is -2.34. The number of piperazine rings is 1. The van der Waals surface area contributed by atoms with E-state index >= 15 is 0 Å². The van der Waals surface area contributed by atoms with Crippen LogP contribution in [-0.4, -0.2) is 59.7 Å². The summed E-state index contributed by atoms with van der Waals surface area (Å²) < 4.78 is 0. The second kappa shape index (κ2) is 8.15. The molecule has 1 fully saturated rings. The lowest BCUT2D eigenvalue weighted by molar-refractivity contribution is -0.148. The van der Waals surface area contributed by atoms with Crippen LogP contribution >= 0.6 is 11.6 Å². The summed E-state index contributed by atoms with van der Waals surface area (Å²) in [4.78, 5) is 39.3. The molecule has 1 aliphatic rings. The Bertz CT molecular complexity index is 625. The Labute approximate surface area is 146 Å². The summed E-state index contributed by atoms with van der Waals surface area (Å²) >= 11 is 6.08. The molecule has 1 saturated heterocycles. The van der Waals surface area contributed by atoms with Crippen molar-refractivity contribution in [1.82, 2.24) is 15.1 Å². The number of hydrogen-bond donors (Lipinski definition) is 1. The smallest absolute Gasteiger partial charge is 0.312 e. The summed E-state index contributed by atoms with van der Waals surface area (Å²) in [5, 5.41) is 3.16. The van der Waals surface area contributed by atoms with Gasteiger partial charge in [-0.25, -0.2) is 0 Å². The van der Waals surface area contributed by atoms with Crippen LogP contribution < -0.4 is 5.32 Å². The Balaban J connectivity index is 1.86. The van der Waals surface area contributed by atoms with E-state index < -0.39 is 11.8 Å². The topological polar surface area (TPSA) is 69.7 Å². The maximum Gasteiger partial charge on any atom is 0.312 e. The second-order valence-corrected chi connectivity index (χ2v) is 6.48. The molecule has 7 heteroatoms. The van der Waals surface area contributed by atoms with Gasteiger partial charge in [-0.05, 0) is 25.5 Å². The Hall–Kier alpha value is -2.08. The number of benzene rings is 1. The molecule has 0 spiro atoms. The van der Waals surface area contributed by atoms with Crippen molar-refractivity contribution in [1.29, 1.82) is 0 Å². The van der Waals surface area contributed by atoms with E-state index in [1.165, 1.54) is 4.90 Å². The average Bonchev–Trinajstić information content (AvgIpc) is 2.55. The molecule has 0 radical (unpaired) electrons. The van der Waals surface area contributed by atoms with Crippen LogP contribution in [0.4, 0.5) is 0 Å². The third-order valence-electron chi connectivity index (χ3n) is 3.83. The van der Waals surface area contributed by atoms with Crippen LogP contribution in [0.25, 0.3) is 0 Å². The summed E-state index contributed by atoms with van der Waals surface area (Å²) in [6.07, 6.45) is 0.238. The van der Waals surface area contributed by atoms with E-state index in [0.29, 0.717) is 31.2 Å². The van der Waals surface area contributed by atoms with Gasteiger partial charge in [-0.1, -0.05) is 29.8 Å². The van der Waals surface area contributed by atoms with Gasteiger partial charge < -0.3 is 15.1 Å². The molecule has 0 saturated carbocycles. The van der Waals surface area contributed by atoms with Gasteiger partial charge >= 0.3 is 11.8 Å². The molecule has 1 aliphatic heterocycles. The van der Waals surface area contributed by atoms with Crippen LogP contribution in [0.1, 0.15) is 19.4 Å². The lowest BCUT2D eigenvalue weighted by atomic mass is 10.1. The van der Waals surface area contributed by atoms with E-state index in [4.69, 9.17) is 11.6 Å². The number of nitrogens with zero attached hydrogens (tertiary/aromatic N) is 2. The van der Waals surface area contributed by atoms with Crippen LogP contribution in [-0.2, 0) is 20.8 Å². The number of nitrogens with one attached hydrogen (secondary N) is 1. The molecule has 1 aromatic rings. The first-order chi connectivity index (χ1) is 11.4. The second-order valence-electron chi connectivity index (χ2n) is 6.07. The molecule has 3 amide bonds. The van der Waals surface area contributed by atoms with Gasteiger partial charge in [0.05, 0.1) is 6.42 Å². The predicted octanol–water partition coefficient (Wildman–Crippen LogP) is 1.08. The maximum absolute atomic E-state index is 12.4. The first-order valence-electron chi connectivity index (χ1n) is 7.99. The van der Waals surface area contributed by atoms with Crippen molar-refractivity contribution in [3.8, 4) is 0 Å². The maximum atomic E-state index is 12.4. The lowest BCUT2D eigenvalue weighted by Crippen LogP contribution is -2.54. The van der Waals surface area contributed by atoms with Crippen molar-refractivity contribution in [2.75, 3.05) is 26.2 Å². The van der Waals surface area contributed by atoms with Gasteiger partial charge in [0.15, 0.2) is 0 Å². The van der Waals surface area contributed by atoms with Crippen molar-refractivity contribution in [2.45, 2.75) is 26.3 Å². The van der Waals surface area contributed by atoms with E-state index in [1.54, 1.807) is 24.8 Å². The van der Waals surface area contributed by atoms with Gasteiger partial charge in [0, 0.05) is 37.2 Å². The van der Waals surface area contributed by atoms with Crippen LogP contribution in [0.2, 0.25) is 5.02 Å². The summed E-state index contributed by atoms with van der Waals surface area (Å²) in [6, 6.07) is 7.17. The van der Waals surface area contributed by atoms with Crippen LogP contribution in [0.3, 0.4) is 0 Å². The standard InChI is InChI=1S/C17H22ClN3O3/c1-12(2)19-16(23)17(24)21-9-7-20(8-10-21)15(22)11-13-5-3-4-6-14(13)18/h3-6,12H,7-11H2,1-2H3,(H,19,23). The zero-order valence-corrected chi connectivity index (χ0v) is 14.7. The van der Waals surface area contributed by atoms with Crippen LogP contribution in [0.5, 0.6) is 0 Å². The van der Waals surface area contributed by atoms with Gasteiger partial charge in [-0.15, -0.1) is 0 Å². The molecular formula is C17H22ClN3O3. The monoisotopic (exact) mass is 351 g/mol. The highest BCUT2D eigenvalue weighted by molar-refractivity contribution is 6.35. The minimum Gasteiger partial charge on any atom is -0.346 e.